The number of fused-ring (bicyclic) bond motifs is 1. The van der Waals surface area contributed by atoms with E-state index in [2.05, 4.69) is 37.2 Å². The SMILES string of the molecule is CN1C(Br)=C(Br)Nc2cc([N+](=O)[O-])ccc21.[Cd]. The van der Waals surface area contributed by atoms with E-state index in [4.69, 9.17) is 0 Å². The summed E-state index contributed by atoms with van der Waals surface area (Å²) in [5.74, 6) is 0. The second-order valence-electron chi connectivity index (χ2n) is 3.25. The van der Waals surface area contributed by atoms with Crippen LogP contribution in [0.1, 0.15) is 0 Å². The van der Waals surface area contributed by atoms with Crippen molar-refractivity contribution in [3.63, 3.8) is 0 Å². The molecular formula is C9H7Br2CdN3O2. The van der Waals surface area contributed by atoms with Crippen molar-refractivity contribution in [1.82, 2.24) is 0 Å². The molecular weight excluding hydrogens is 454 g/mol. The predicted molar refractivity (Wildman–Crippen MR) is 70.0 cm³/mol. The van der Waals surface area contributed by atoms with Crippen molar-refractivity contribution in [2.75, 3.05) is 17.3 Å². The van der Waals surface area contributed by atoms with Gasteiger partial charge in [0.2, 0.25) is 0 Å². The Morgan fingerprint density at radius 1 is 1.41 bits per heavy atom. The van der Waals surface area contributed by atoms with Gasteiger partial charge in [-0.25, -0.2) is 0 Å². The van der Waals surface area contributed by atoms with Gasteiger partial charge in [-0.1, -0.05) is 0 Å². The molecule has 0 saturated heterocycles. The molecule has 0 radical (unpaired) electrons. The number of halogens is 2. The summed E-state index contributed by atoms with van der Waals surface area (Å²) in [7, 11) is 1.87. The minimum atomic E-state index is -0.413. The number of nitro benzene ring substituents is 1. The summed E-state index contributed by atoms with van der Waals surface area (Å²) in [5.41, 5.74) is 1.64. The van der Waals surface area contributed by atoms with Gasteiger partial charge in [-0.3, -0.25) is 10.1 Å². The maximum Gasteiger partial charge on any atom is 0.271 e. The number of nitrogens with zero attached hydrogens (tertiary/aromatic N) is 2. The van der Waals surface area contributed by atoms with Crippen molar-refractivity contribution >= 4 is 48.9 Å². The molecule has 1 aromatic rings. The van der Waals surface area contributed by atoms with Gasteiger partial charge in [0.05, 0.1) is 16.3 Å². The van der Waals surface area contributed by atoms with Crippen LogP contribution in [0.4, 0.5) is 17.1 Å². The Morgan fingerprint density at radius 3 is 2.65 bits per heavy atom. The molecule has 5 nitrogen and oxygen atoms in total. The summed E-state index contributed by atoms with van der Waals surface area (Å²) in [5, 5.41) is 13.7. The van der Waals surface area contributed by atoms with E-state index in [1.807, 2.05) is 11.9 Å². The number of anilines is 2. The monoisotopic (exact) mass is 461 g/mol. The summed E-state index contributed by atoms with van der Waals surface area (Å²) >= 11 is 6.73. The first kappa shape index (κ1) is 14.9. The number of nitrogens with one attached hydrogen (secondary N) is 1. The summed E-state index contributed by atoms with van der Waals surface area (Å²) in [4.78, 5) is 12.1. The number of rotatable bonds is 1. The van der Waals surface area contributed by atoms with Gasteiger partial charge in [-0.2, -0.15) is 0 Å². The molecule has 1 N–H and O–H groups in total. The van der Waals surface area contributed by atoms with Crippen molar-refractivity contribution in [3.8, 4) is 0 Å². The first-order chi connectivity index (χ1) is 7.50. The molecule has 2 rings (SSSR count). The summed E-state index contributed by atoms with van der Waals surface area (Å²) in [6.45, 7) is 0. The smallest absolute Gasteiger partial charge is 0.271 e. The van der Waals surface area contributed by atoms with E-state index in [9.17, 15) is 10.1 Å². The topological polar surface area (TPSA) is 58.4 Å². The molecule has 1 aromatic carbocycles. The second kappa shape index (κ2) is 5.65. The molecule has 1 heterocycles. The maximum atomic E-state index is 10.6. The van der Waals surface area contributed by atoms with E-state index in [-0.39, 0.29) is 33.0 Å². The Balaban J connectivity index is 0.00000144. The Hall–Kier alpha value is -0.158. The number of hydrogen-bond acceptors (Lipinski definition) is 4. The normalized spacial score (nSPS) is 13.7. The van der Waals surface area contributed by atoms with E-state index in [1.54, 1.807) is 6.07 Å². The van der Waals surface area contributed by atoms with Crippen LogP contribution in [0, 0.1) is 10.1 Å². The van der Waals surface area contributed by atoms with Crippen molar-refractivity contribution in [3.05, 3.63) is 37.5 Å². The molecule has 0 unspecified atom stereocenters. The van der Waals surface area contributed by atoms with Crippen LogP contribution in [0.2, 0.25) is 0 Å². The average Bonchev–Trinajstić information content (AvgIpc) is 2.25. The molecule has 86 valence electrons. The van der Waals surface area contributed by atoms with Crippen LogP contribution in [0.5, 0.6) is 0 Å². The molecule has 1 aliphatic heterocycles. The summed E-state index contributed by atoms with van der Waals surface area (Å²) in [6.07, 6.45) is 0. The van der Waals surface area contributed by atoms with Gasteiger partial charge in [-0.05, 0) is 37.9 Å². The Morgan fingerprint density at radius 2 is 2.06 bits per heavy atom. The fraction of sp³-hybridized carbons (Fsp3) is 0.111. The molecule has 0 fully saturated rings. The number of benzene rings is 1. The zero-order valence-corrected chi connectivity index (χ0v) is 16.1. The Bertz CT molecular complexity index is 507. The number of nitro groups is 1. The van der Waals surface area contributed by atoms with Crippen LogP contribution in [0.25, 0.3) is 0 Å². The van der Waals surface area contributed by atoms with Gasteiger partial charge in [0, 0.05) is 46.5 Å². The molecule has 0 atom stereocenters. The molecule has 0 saturated carbocycles. The summed E-state index contributed by atoms with van der Waals surface area (Å²) < 4.78 is 1.58. The third kappa shape index (κ3) is 2.81. The van der Waals surface area contributed by atoms with Crippen molar-refractivity contribution < 1.29 is 32.2 Å². The molecule has 0 bridgehead atoms. The predicted octanol–water partition coefficient (Wildman–Crippen LogP) is 3.37. The third-order valence-corrected chi connectivity index (χ3v) is 4.31. The van der Waals surface area contributed by atoms with Crippen LogP contribution in [-0.2, 0) is 27.3 Å². The van der Waals surface area contributed by atoms with Crippen molar-refractivity contribution in [1.29, 1.82) is 0 Å². The zero-order valence-electron chi connectivity index (χ0n) is 8.91. The molecule has 0 aromatic heterocycles. The minimum absolute atomic E-state index is 0. The quantitative estimate of drug-likeness (QED) is 0.302. The Labute approximate surface area is 135 Å². The molecule has 1 aliphatic rings. The Kier molecular flexibility index (Phi) is 4.96. The molecule has 0 spiro atoms. The van der Waals surface area contributed by atoms with Gasteiger partial charge in [0.25, 0.3) is 5.69 Å². The first-order valence-electron chi connectivity index (χ1n) is 4.35. The molecule has 17 heavy (non-hydrogen) atoms. The van der Waals surface area contributed by atoms with Crippen molar-refractivity contribution in [2.24, 2.45) is 0 Å². The van der Waals surface area contributed by atoms with E-state index in [0.29, 0.717) is 5.69 Å². The zero-order chi connectivity index (χ0) is 11.9. The van der Waals surface area contributed by atoms with Crippen LogP contribution in [-0.4, -0.2) is 12.0 Å². The van der Waals surface area contributed by atoms with Gasteiger partial charge in [0.15, 0.2) is 0 Å². The van der Waals surface area contributed by atoms with Gasteiger partial charge < -0.3 is 10.2 Å². The molecule has 0 amide bonds. The van der Waals surface area contributed by atoms with Crippen molar-refractivity contribution in [2.45, 2.75) is 0 Å². The van der Waals surface area contributed by atoms with Gasteiger partial charge >= 0.3 is 0 Å². The minimum Gasteiger partial charge on any atom is -0.346 e. The fourth-order valence-electron chi connectivity index (χ4n) is 1.45. The van der Waals surface area contributed by atoms with Gasteiger partial charge in [-0.15, -0.1) is 0 Å². The largest absolute Gasteiger partial charge is 0.346 e. The summed E-state index contributed by atoms with van der Waals surface area (Å²) in [6, 6.07) is 4.70. The molecule has 8 heteroatoms. The third-order valence-electron chi connectivity index (χ3n) is 2.27. The van der Waals surface area contributed by atoms with Crippen LogP contribution < -0.4 is 10.2 Å². The fourth-order valence-corrected chi connectivity index (χ4v) is 2.22. The average molecular weight is 461 g/mol. The molecule has 0 aliphatic carbocycles. The van der Waals surface area contributed by atoms with E-state index in [1.165, 1.54) is 12.1 Å². The van der Waals surface area contributed by atoms with Gasteiger partial charge in [0.1, 0.15) is 9.21 Å². The van der Waals surface area contributed by atoms with Crippen LogP contribution >= 0.6 is 31.9 Å². The van der Waals surface area contributed by atoms with E-state index < -0.39 is 4.92 Å². The van der Waals surface area contributed by atoms with E-state index >= 15 is 0 Å². The second-order valence-corrected chi connectivity index (χ2v) is 4.79. The first-order valence-corrected chi connectivity index (χ1v) is 5.94. The van der Waals surface area contributed by atoms with Crippen LogP contribution in [0.15, 0.2) is 27.4 Å². The standard InChI is InChI=1S/C9H7Br2N3O2.Cd/c1-13-7-3-2-5(14(15)16)4-6(7)12-8(10)9(13)11;/h2-4,12H,1H3;. The van der Waals surface area contributed by atoms with E-state index in [0.717, 1.165) is 14.9 Å². The number of hydrogen-bond donors (Lipinski definition) is 1. The number of non-ortho nitro benzene ring substituents is 1. The maximum absolute atomic E-state index is 10.6. The van der Waals surface area contributed by atoms with Crippen LogP contribution in [0.3, 0.4) is 0 Å².